The fraction of sp³-hybridized carbons (Fsp3) is 0.143. The first-order valence-corrected chi connectivity index (χ1v) is 4.05. The van der Waals surface area contributed by atoms with E-state index in [9.17, 15) is 8.76 Å². The molecule has 5 heteroatoms. The molecule has 0 amide bonds. The summed E-state index contributed by atoms with van der Waals surface area (Å²) in [5.41, 5.74) is 0.844. The summed E-state index contributed by atoms with van der Waals surface area (Å²) in [5.74, 6) is 0. The molecule has 0 aliphatic heterocycles. The van der Waals surface area contributed by atoms with Gasteiger partial charge in [0.05, 0.1) is 18.0 Å². The first kappa shape index (κ1) is 12.3. The summed E-state index contributed by atoms with van der Waals surface area (Å²) < 4.78 is 24.2. The van der Waals surface area contributed by atoms with Crippen LogP contribution < -0.4 is 29.6 Å². The van der Waals surface area contributed by atoms with Crippen molar-refractivity contribution < 1.29 is 42.5 Å². The van der Waals surface area contributed by atoms with E-state index in [1.807, 2.05) is 18.2 Å². The van der Waals surface area contributed by atoms with E-state index in [2.05, 4.69) is 4.18 Å². The molecule has 1 rings (SSSR count). The molecule has 0 N–H and O–H groups in total. The zero-order valence-corrected chi connectivity index (χ0v) is 9.54. The SMILES string of the molecule is O=S([O-])OCc1ccccc1.[Na+]. The van der Waals surface area contributed by atoms with Gasteiger partial charge in [-0.15, -0.1) is 0 Å². The average Bonchev–Trinajstić information content (AvgIpc) is 2.03. The fourth-order valence-electron chi connectivity index (χ4n) is 0.690. The summed E-state index contributed by atoms with van der Waals surface area (Å²) >= 11 is -2.42. The van der Waals surface area contributed by atoms with Gasteiger partial charge in [-0.05, 0) is 5.56 Å². The maximum Gasteiger partial charge on any atom is 1.00 e. The minimum absolute atomic E-state index is 0. The zero-order valence-electron chi connectivity index (χ0n) is 6.73. The van der Waals surface area contributed by atoms with Crippen LogP contribution >= 0.6 is 0 Å². The van der Waals surface area contributed by atoms with Gasteiger partial charge < -0.3 is 4.55 Å². The normalized spacial score (nSPS) is 11.8. The molecule has 0 saturated carbocycles. The topological polar surface area (TPSA) is 49.4 Å². The van der Waals surface area contributed by atoms with Gasteiger partial charge in [0.2, 0.25) is 0 Å². The standard InChI is InChI=1S/C7H8O3S.Na/c8-11(9)10-6-7-4-2-1-3-5-7;/h1-5H,6H2,(H,8,9);/q;+1/p-1. The summed E-state index contributed by atoms with van der Waals surface area (Å²) in [5, 5.41) is 0. The summed E-state index contributed by atoms with van der Waals surface area (Å²) in [6.07, 6.45) is 0. The van der Waals surface area contributed by atoms with E-state index < -0.39 is 11.4 Å². The molecular formula is C7H7NaO3S. The molecule has 0 heterocycles. The van der Waals surface area contributed by atoms with Gasteiger partial charge in [-0.25, -0.2) is 4.21 Å². The Morgan fingerprint density at radius 3 is 2.42 bits per heavy atom. The van der Waals surface area contributed by atoms with Crippen LogP contribution in [0.3, 0.4) is 0 Å². The van der Waals surface area contributed by atoms with Crippen LogP contribution in [0.5, 0.6) is 0 Å². The Labute approximate surface area is 95.9 Å². The average molecular weight is 194 g/mol. The molecular weight excluding hydrogens is 187 g/mol. The molecule has 0 aromatic heterocycles. The van der Waals surface area contributed by atoms with Crippen molar-refractivity contribution in [1.29, 1.82) is 0 Å². The zero-order chi connectivity index (χ0) is 8.10. The van der Waals surface area contributed by atoms with Gasteiger partial charge in [-0.2, -0.15) is 0 Å². The van der Waals surface area contributed by atoms with E-state index in [0.717, 1.165) is 5.56 Å². The molecule has 1 aromatic rings. The molecule has 0 fully saturated rings. The van der Waals surface area contributed by atoms with E-state index in [1.54, 1.807) is 12.1 Å². The largest absolute Gasteiger partial charge is 1.00 e. The number of rotatable bonds is 3. The Morgan fingerprint density at radius 2 is 1.92 bits per heavy atom. The van der Waals surface area contributed by atoms with Crippen LogP contribution in [0.25, 0.3) is 0 Å². The second-order valence-corrected chi connectivity index (χ2v) is 2.60. The molecule has 0 aliphatic rings. The minimum Gasteiger partial charge on any atom is -0.750 e. The van der Waals surface area contributed by atoms with Gasteiger partial charge in [0.25, 0.3) is 0 Å². The molecule has 0 aliphatic carbocycles. The monoisotopic (exact) mass is 194 g/mol. The van der Waals surface area contributed by atoms with Crippen molar-refractivity contribution in [3.63, 3.8) is 0 Å². The molecule has 60 valence electrons. The van der Waals surface area contributed by atoms with E-state index in [-0.39, 0.29) is 36.2 Å². The summed E-state index contributed by atoms with van der Waals surface area (Å²) in [7, 11) is 0. The Balaban J connectivity index is 0.00000121. The van der Waals surface area contributed by atoms with Crippen LogP contribution in [0.1, 0.15) is 5.56 Å². The predicted molar refractivity (Wildman–Crippen MR) is 40.2 cm³/mol. The van der Waals surface area contributed by atoms with Gasteiger partial charge in [0, 0.05) is 0 Å². The van der Waals surface area contributed by atoms with Gasteiger partial charge in [0.15, 0.2) is 0 Å². The van der Waals surface area contributed by atoms with Crippen molar-refractivity contribution in [2.45, 2.75) is 6.61 Å². The Kier molecular flexibility index (Phi) is 6.93. The molecule has 0 spiro atoms. The second-order valence-electron chi connectivity index (χ2n) is 1.95. The Morgan fingerprint density at radius 1 is 1.33 bits per heavy atom. The van der Waals surface area contributed by atoms with Crippen LogP contribution in [-0.4, -0.2) is 8.76 Å². The van der Waals surface area contributed by atoms with Crippen LogP contribution in [0.15, 0.2) is 30.3 Å². The second kappa shape index (κ2) is 6.77. The molecule has 0 radical (unpaired) electrons. The van der Waals surface area contributed by atoms with Crippen LogP contribution in [0.4, 0.5) is 0 Å². The fourth-order valence-corrected chi connectivity index (χ4v) is 0.923. The maximum atomic E-state index is 9.95. The number of benzene rings is 1. The van der Waals surface area contributed by atoms with E-state index in [0.29, 0.717) is 0 Å². The first-order chi connectivity index (χ1) is 5.29. The summed E-state index contributed by atoms with van der Waals surface area (Å²) in [6, 6.07) is 9.11. The van der Waals surface area contributed by atoms with Crippen molar-refractivity contribution in [3.05, 3.63) is 35.9 Å². The number of hydrogen-bond donors (Lipinski definition) is 0. The molecule has 1 aromatic carbocycles. The smallest absolute Gasteiger partial charge is 0.750 e. The third-order valence-corrected chi connectivity index (χ3v) is 1.47. The number of hydrogen-bond acceptors (Lipinski definition) is 3. The molecule has 1 atom stereocenters. The maximum absolute atomic E-state index is 9.95. The quantitative estimate of drug-likeness (QED) is 0.413. The summed E-state index contributed by atoms with van der Waals surface area (Å²) in [6.45, 7) is 0.108. The molecule has 3 nitrogen and oxygen atoms in total. The van der Waals surface area contributed by atoms with Crippen molar-refractivity contribution in [2.24, 2.45) is 0 Å². The van der Waals surface area contributed by atoms with Gasteiger partial charge >= 0.3 is 29.6 Å². The molecule has 0 bridgehead atoms. The third-order valence-electron chi connectivity index (χ3n) is 1.16. The molecule has 12 heavy (non-hydrogen) atoms. The predicted octanol–water partition coefficient (Wildman–Crippen LogP) is -2.00. The van der Waals surface area contributed by atoms with E-state index in [4.69, 9.17) is 0 Å². The third kappa shape index (κ3) is 5.03. The molecule has 1 unspecified atom stereocenters. The van der Waals surface area contributed by atoms with Crippen LogP contribution in [0.2, 0.25) is 0 Å². The van der Waals surface area contributed by atoms with Gasteiger partial charge in [0.1, 0.15) is 0 Å². The van der Waals surface area contributed by atoms with Crippen LogP contribution in [0, 0.1) is 0 Å². The minimum atomic E-state index is -2.42. The van der Waals surface area contributed by atoms with Crippen molar-refractivity contribution in [1.82, 2.24) is 0 Å². The Hall–Kier alpha value is 0.290. The van der Waals surface area contributed by atoms with E-state index in [1.165, 1.54) is 0 Å². The van der Waals surface area contributed by atoms with Gasteiger partial charge in [-0.3, -0.25) is 4.18 Å². The van der Waals surface area contributed by atoms with E-state index >= 15 is 0 Å². The first-order valence-electron chi connectivity index (χ1n) is 3.05. The van der Waals surface area contributed by atoms with Crippen LogP contribution in [-0.2, 0) is 22.2 Å². The molecule has 0 saturated heterocycles. The Bertz CT molecular complexity index is 240. The summed E-state index contributed by atoms with van der Waals surface area (Å²) in [4.78, 5) is 0. The van der Waals surface area contributed by atoms with Crippen molar-refractivity contribution >= 4 is 11.4 Å². The van der Waals surface area contributed by atoms with Gasteiger partial charge in [-0.1, -0.05) is 30.3 Å². The van der Waals surface area contributed by atoms with Crippen molar-refractivity contribution in [2.75, 3.05) is 0 Å². The van der Waals surface area contributed by atoms with Crippen molar-refractivity contribution in [3.8, 4) is 0 Å².